The van der Waals surface area contributed by atoms with Crippen LogP contribution >= 0.6 is 0 Å². The Bertz CT molecular complexity index is 2080. The maximum absolute atomic E-state index is 14.4. The first-order chi connectivity index (χ1) is 28.6. The molecule has 0 spiro atoms. The first kappa shape index (κ1) is 59.0. The van der Waals surface area contributed by atoms with Crippen molar-refractivity contribution >= 4 is 23.7 Å². The van der Waals surface area contributed by atoms with E-state index in [1.165, 1.54) is 12.1 Å². The van der Waals surface area contributed by atoms with Gasteiger partial charge in [0.1, 0.15) is 29.0 Å². The second kappa shape index (κ2) is 23.8. The van der Waals surface area contributed by atoms with Crippen LogP contribution in [0.3, 0.4) is 0 Å². The lowest BCUT2D eigenvalue weighted by Gasteiger charge is -2.21. The van der Waals surface area contributed by atoms with Crippen LogP contribution in [0, 0.1) is 39.1 Å². The van der Waals surface area contributed by atoms with E-state index in [0.29, 0.717) is 18.4 Å². The lowest BCUT2D eigenvalue weighted by molar-refractivity contribution is -0.143. The minimum absolute atomic E-state index is 0. The molecule has 0 bridgehead atoms. The minimum atomic E-state index is -1.22. The number of benzene rings is 3. The second-order valence-electron chi connectivity index (χ2n) is 19.0. The van der Waals surface area contributed by atoms with Crippen LogP contribution in [0.15, 0.2) is 36.4 Å². The number of halogens is 3. The standard InChI is InChI=1S/C20H29FO4.C14H19FO4.C13H18FNO4.CH4/c1-8-15(22)13-11-16(25-18(24)20(5,6)7)12(9-14(13)21)10-17(23)19(2,3)4;1-5-10(16)8-6-12(11(17)7-9(8)15)19-13(18)14(2,3)4;1-13(2,3)12(18)19-11-5-8(14)7(4-9(11)16)10(17)6-15;/h9,11,15,22H,8,10H2,1-7H3;6-7,10,16-17H,5H2,1-4H3;4-5,10,16-17H,6,15H2,1-3H3;1H4. The average Bonchev–Trinajstić information content (AvgIpc) is 3.16. The molecule has 13 nitrogen and oxygen atoms in total. The number of ether oxygens (including phenoxy) is 3. The molecule has 0 aliphatic carbocycles. The SMILES string of the molecule is C.CC(C)(C)C(=O)Oc1cc(F)c(C(O)CN)cc1O.CCC(O)c1cc(OC(=O)C(C)(C)C)c(CC(=O)C(C)(C)C)cc1F.CCC(O)c1cc(OC(=O)C(C)(C)C)c(O)cc1F. The Labute approximate surface area is 375 Å². The number of hydrogen-bond donors (Lipinski definition) is 6. The summed E-state index contributed by atoms with van der Waals surface area (Å²) in [5.41, 5.74) is 2.57. The molecule has 0 aromatic heterocycles. The second-order valence-corrected chi connectivity index (χ2v) is 19.0. The zero-order chi connectivity index (χ0) is 49.2. The number of phenols is 2. The third-order valence-corrected chi connectivity index (χ3v) is 9.04. The molecule has 3 aromatic carbocycles. The quantitative estimate of drug-likeness (QED) is 0.0780. The molecule has 0 saturated carbocycles. The summed E-state index contributed by atoms with van der Waals surface area (Å²) in [6.07, 6.45) is -2.64. The molecular weight excluding hydrogens is 840 g/mol. The van der Waals surface area contributed by atoms with Crippen LogP contribution < -0.4 is 19.9 Å². The average molecular weight is 910 g/mol. The smallest absolute Gasteiger partial charge is 0.316 e. The first-order valence-electron chi connectivity index (χ1n) is 20.4. The fourth-order valence-corrected chi connectivity index (χ4v) is 4.66. The highest BCUT2D eigenvalue weighted by Gasteiger charge is 2.30. The van der Waals surface area contributed by atoms with E-state index in [0.717, 1.165) is 24.3 Å². The summed E-state index contributed by atoms with van der Waals surface area (Å²) in [6, 6.07) is 6.36. The number of hydrogen-bond acceptors (Lipinski definition) is 13. The lowest BCUT2D eigenvalue weighted by Crippen LogP contribution is -2.27. The number of nitrogens with two attached hydrogens (primary N) is 1. The minimum Gasteiger partial charge on any atom is -0.504 e. The summed E-state index contributed by atoms with van der Waals surface area (Å²) >= 11 is 0. The Kier molecular flexibility index (Phi) is 21.9. The molecular formula is C48H70F3NO12. The maximum atomic E-state index is 14.4. The normalized spacial score (nSPS) is 13.1. The van der Waals surface area contributed by atoms with E-state index in [4.69, 9.17) is 19.9 Å². The number of esters is 3. The largest absolute Gasteiger partial charge is 0.504 e. The van der Waals surface area contributed by atoms with E-state index in [1.807, 2.05) is 0 Å². The van der Waals surface area contributed by atoms with Crippen LogP contribution in [-0.2, 0) is 25.6 Å². The summed E-state index contributed by atoms with van der Waals surface area (Å²) in [7, 11) is 0. The number of carbonyl (C=O) groups is 4. The van der Waals surface area contributed by atoms with Gasteiger partial charge < -0.3 is 45.5 Å². The molecule has 0 saturated heterocycles. The fraction of sp³-hybridized carbons (Fsp3) is 0.542. The molecule has 0 heterocycles. The van der Waals surface area contributed by atoms with E-state index in [9.17, 15) is 57.9 Å². The Hall–Kier alpha value is -5.03. The number of carbonyl (C=O) groups excluding carboxylic acids is 4. The maximum Gasteiger partial charge on any atom is 0.316 e. The van der Waals surface area contributed by atoms with Gasteiger partial charge in [-0.05, 0) is 99.4 Å². The van der Waals surface area contributed by atoms with Gasteiger partial charge in [0, 0.05) is 52.8 Å². The number of rotatable bonds is 11. The lowest BCUT2D eigenvalue weighted by atomic mass is 9.86. The zero-order valence-corrected chi connectivity index (χ0v) is 38.8. The molecule has 3 rings (SSSR count). The molecule has 0 aliphatic rings. The van der Waals surface area contributed by atoms with Crippen molar-refractivity contribution in [2.45, 2.75) is 142 Å². The van der Waals surface area contributed by atoms with E-state index < -0.39 is 86.8 Å². The summed E-state index contributed by atoms with van der Waals surface area (Å²) in [4.78, 5) is 48.0. The third kappa shape index (κ3) is 17.5. The van der Waals surface area contributed by atoms with E-state index >= 15 is 0 Å². The van der Waals surface area contributed by atoms with Crippen molar-refractivity contribution in [1.82, 2.24) is 0 Å². The molecule has 3 atom stereocenters. The Morgan fingerprint density at radius 3 is 1.23 bits per heavy atom. The van der Waals surface area contributed by atoms with Crippen LogP contribution in [0.5, 0.6) is 28.7 Å². The van der Waals surface area contributed by atoms with Gasteiger partial charge in [-0.3, -0.25) is 19.2 Å². The highest BCUT2D eigenvalue weighted by atomic mass is 19.1. The van der Waals surface area contributed by atoms with Crippen LogP contribution in [0.1, 0.15) is 158 Å². The number of ketones is 1. The monoisotopic (exact) mass is 909 g/mol. The van der Waals surface area contributed by atoms with Crippen molar-refractivity contribution in [3.63, 3.8) is 0 Å². The van der Waals surface area contributed by atoms with Gasteiger partial charge in [0.2, 0.25) is 0 Å². The summed E-state index contributed by atoms with van der Waals surface area (Å²) in [5.74, 6) is -5.08. The fourth-order valence-electron chi connectivity index (χ4n) is 4.66. The molecule has 0 radical (unpaired) electrons. The van der Waals surface area contributed by atoms with Gasteiger partial charge >= 0.3 is 17.9 Å². The molecule has 0 amide bonds. The molecule has 0 fully saturated rings. The third-order valence-electron chi connectivity index (χ3n) is 9.04. The van der Waals surface area contributed by atoms with E-state index in [1.54, 1.807) is 96.9 Å². The molecule has 64 heavy (non-hydrogen) atoms. The summed E-state index contributed by atoms with van der Waals surface area (Å²) in [6.45, 7) is 23.6. The highest BCUT2D eigenvalue weighted by Crippen LogP contribution is 2.36. The number of phenolic OH excluding ortho intramolecular Hbond substituents is 2. The topological polar surface area (TPSA) is 223 Å². The van der Waals surface area contributed by atoms with Crippen molar-refractivity contribution in [2.75, 3.05) is 6.54 Å². The van der Waals surface area contributed by atoms with Crippen LogP contribution in [0.2, 0.25) is 0 Å². The van der Waals surface area contributed by atoms with E-state index in [-0.39, 0.29) is 60.1 Å². The zero-order valence-electron chi connectivity index (χ0n) is 38.8. The highest BCUT2D eigenvalue weighted by molar-refractivity contribution is 5.87. The Morgan fingerprint density at radius 2 is 0.859 bits per heavy atom. The van der Waals surface area contributed by atoms with Gasteiger partial charge in [-0.1, -0.05) is 42.0 Å². The van der Waals surface area contributed by atoms with Crippen molar-refractivity contribution in [1.29, 1.82) is 0 Å². The van der Waals surface area contributed by atoms with Gasteiger partial charge in [0.25, 0.3) is 0 Å². The first-order valence-corrected chi connectivity index (χ1v) is 20.4. The number of aliphatic hydroxyl groups excluding tert-OH is 3. The van der Waals surface area contributed by atoms with Crippen LogP contribution in [0.25, 0.3) is 0 Å². The van der Waals surface area contributed by atoms with Crippen molar-refractivity contribution in [3.05, 3.63) is 76.1 Å². The number of aromatic hydroxyl groups is 2. The Balaban J connectivity index is 0.000000936. The molecule has 3 aromatic rings. The van der Waals surface area contributed by atoms with E-state index in [2.05, 4.69) is 0 Å². The van der Waals surface area contributed by atoms with Gasteiger partial charge in [-0.25, -0.2) is 13.2 Å². The van der Waals surface area contributed by atoms with Crippen LogP contribution in [0.4, 0.5) is 13.2 Å². The van der Waals surface area contributed by atoms with Crippen LogP contribution in [-0.4, -0.2) is 55.8 Å². The predicted molar refractivity (Wildman–Crippen MR) is 237 cm³/mol. The van der Waals surface area contributed by atoms with Gasteiger partial charge in [0.15, 0.2) is 23.0 Å². The van der Waals surface area contributed by atoms with Crippen molar-refractivity contribution in [3.8, 4) is 28.7 Å². The predicted octanol–water partition coefficient (Wildman–Crippen LogP) is 9.42. The molecule has 360 valence electrons. The summed E-state index contributed by atoms with van der Waals surface area (Å²) in [5, 5.41) is 48.4. The van der Waals surface area contributed by atoms with Crippen molar-refractivity contribution < 1.29 is 72.1 Å². The number of Topliss-reactive ketones (excluding diaryl/α,β-unsaturated/α-hetero) is 1. The molecule has 3 unspecified atom stereocenters. The number of aliphatic hydroxyl groups is 3. The molecule has 7 N–H and O–H groups in total. The molecule has 0 aliphatic heterocycles. The summed E-state index contributed by atoms with van der Waals surface area (Å²) < 4.78 is 57.0. The molecule has 16 heteroatoms. The van der Waals surface area contributed by atoms with Gasteiger partial charge in [0.05, 0.1) is 34.6 Å². The van der Waals surface area contributed by atoms with Crippen molar-refractivity contribution in [2.24, 2.45) is 27.4 Å². The Morgan fingerprint density at radius 1 is 0.531 bits per heavy atom. The van der Waals surface area contributed by atoms with Gasteiger partial charge in [-0.15, -0.1) is 0 Å². The van der Waals surface area contributed by atoms with Gasteiger partial charge in [-0.2, -0.15) is 0 Å².